The van der Waals surface area contributed by atoms with Gasteiger partial charge in [0.05, 0.1) is 0 Å². The van der Waals surface area contributed by atoms with E-state index in [0.717, 1.165) is 0 Å². The lowest BCUT2D eigenvalue weighted by molar-refractivity contribution is 0.139. The second kappa shape index (κ2) is 3.13. The number of nitrogens with zero attached hydrogens (tertiary/aromatic N) is 1. The summed E-state index contributed by atoms with van der Waals surface area (Å²) in [5.41, 5.74) is 4.20. The number of aromatic nitrogens is 1. The first kappa shape index (κ1) is 9.03. The molecule has 0 radical (unpaired) electrons. The summed E-state index contributed by atoms with van der Waals surface area (Å²) < 4.78 is 18.4. The van der Waals surface area contributed by atoms with Crippen molar-refractivity contribution >= 4 is 5.88 Å². The van der Waals surface area contributed by atoms with Crippen LogP contribution in [0.1, 0.15) is 32.4 Å². The van der Waals surface area contributed by atoms with Crippen LogP contribution in [-0.2, 0) is 5.67 Å². The Bertz CT molecular complexity index is 255. The zero-order valence-electron chi connectivity index (χ0n) is 7.30. The number of hydrogen-bond donors (Lipinski definition) is 1. The quantitative estimate of drug-likeness (QED) is 0.760. The standard InChI is InChI=1S/C8H13FN2O/c1-3-8(9,4-2)6-5-7(10)12-11-6/h5H,3-4,10H2,1-2H3. The summed E-state index contributed by atoms with van der Waals surface area (Å²) in [6.07, 6.45) is 0.769. The first-order valence-corrected chi connectivity index (χ1v) is 4.04. The van der Waals surface area contributed by atoms with Crippen LogP contribution < -0.4 is 5.73 Å². The lowest BCUT2D eigenvalue weighted by Gasteiger charge is -2.17. The molecule has 1 heterocycles. The second-order valence-electron chi connectivity index (χ2n) is 2.79. The summed E-state index contributed by atoms with van der Waals surface area (Å²) in [4.78, 5) is 0. The molecule has 0 aliphatic rings. The predicted molar refractivity (Wildman–Crippen MR) is 44.3 cm³/mol. The third kappa shape index (κ3) is 1.42. The lowest BCUT2D eigenvalue weighted by atomic mass is 9.96. The minimum absolute atomic E-state index is 0.161. The van der Waals surface area contributed by atoms with Crippen molar-refractivity contribution in [1.82, 2.24) is 5.16 Å². The fourth-order valence-corrected chi connectivity index (χ4v) is 1.11. The molecule has 68 valence electrons. The van der Waals surface area contributed by atoms with Crippen molar-refractivity contribution in [3.63, 3.8) is 0 Å². The van der Waals surface area contributed by atoms with Gasteiger partial charge in [0.15, 0.2) is 5.67 Å². The van der Waals surface area contributed by atoms with E-state index in [-0.39, 0.29) is 5.88 Å². The normalized spacial score (nSPS) is 11.9. The highest BCUT2D eigenvalue weighted by Crippen LogP contribution is 2.32. The van der Waals surface area contributed by atoms with Gasteiger partial charge in [0.2, 0.25) is 5.88 Å². The van der Waals surface area contributed by atoms with Gasteiger partial charge in [-0.2, -0.15) is 0 Å². The third-order valence-electron chi connectivity index (χ3n) is 2.11. The Morgan fingerprint density at radius 1 is 1.58 bits per heavy atom. The Labute approximate surface area is 70.7 Å². The van der Waals surface area contributed by atoms with Crippen LogP contribution in [0.5, 0.6) is 0 Å². The predicted octanol–water partition coefficient (Wildman–Crippen LogP) is 2.24. The first-order valence-electron chi connectivity index (χ1n) is 4.04. The molecule has 4 heteroatoms. The SMILES string of the molecule is CCC(F)(CC)c1cc(N)on1. The second-order valence-corrected chi connectivity index (χ2v) is 2.79. The van der Waals surface area contributed by atoms with Crippen molar-refractivity contribution in [3.05, 3.63) is 11.8 Å². The smallest absolute Gasteiger partial charge is 0.222 e. The Hall–Kier alpha value is -1.06. The van der Waals surface area contributed by atoms with E-state index in [9.17, 15) is 4.39 Å². The molecule has 0 aliphatic carbocycles. The topological polar surface area (TPSA) is 52.0 Å². The highest BCUT2D eigenvalue weighted by molar-refractivity contribution is 5.27. The maximum absolute atomic E-state index is 13.8. The number of nitrogen functional groups attached to an aromatic ring is 1. The highest BCUT2D eigenvalue weighted by atomic mass is 19.1. The number of hydrogen-bond acceptors (Lipinski definition) is 3. The molecule has 0 bridgehead atoms. The zero-order chi connectivity index (χ0) is 9.19. The van der Waals surface area contributed by atoms with Crippen molar-refractivity contribution in [2.45, 2.75) is 32.4 Å². The van der Waals surface area contributed by atoms with Crippen LogP contribution in [0.25, 0.3) is 0 Å². The van der Waals surface area contributed by atoms with Gasteiger partial charge in [0.1, 0.15) is 5.69 Å². The number of nitrogens with two attached hydrogens (primary N) is 1. The maximum Gasteiger partial charge on any atom is 0.222 e. The molecule has 1 rings (SSSR count). The summed E-state index contributed by atoms with van der Waals surface area (Å²) in [7, 11) is 0. The Balaban J connectivity index is 2.94. The van der Waals surface area contributed by atoms with Gasteiger partial charge in [-0.1, -0.05) is 19.0 Å². The molecule has 0 spiro atoms. The van der Waals surface area contributed by atoms with Crippen LogP contribution in [0, 0.1) is 0 Å². The Kier molecular flexibility index (Phi) is 2.35. The molecule has 0 saturated heterocycles. The fraction of sp³-hybridized carbons (Fsp3) is 0.625. The Morgan fingerprint density at radius 2 is 2.17 bits per heavy atom. The van der Waals surface area contributed by atoms with E-state index in [2.05, 4.69) is 9.68 Å². The third-order valence-corrected chi connectivity index (χ3v) is 2.11. The van der Waals surface area contributed by atoms with E-state index >= 15 is 0 Å². The minimum Gasteiger partial charge on any atom is -0.368 e. The average molecular weight is 172 g/mol. The zero-order valence-corrected chi connectivity index (χ0v) is 7.30. The minimum atomic E-state index is -1.39. The first-order chi connectivity index (χ1) is 5.62. The van der Waals surface area contributed by atoms with E-state index in [0.29, 0.717) is 18.5 Å². The van der Waals surface area contributed by atoms with E-state index in [1.54, 1.807) is 13.8 Å². The number of rotatable bonds is 3. The van der Waals surface area contributed by atoms with E-state index < -0.39 is 5.67 Å². The molecule has 1 aromatic rings. The van der Waals surface area contributed by atoms with Crippen LogP contribution in [0.2, 0.25) is 0 Å². The van der Waals surface area contributed by atoms with Gasteiger partial charge in [-0.15, -0.1) is 0 Å². The maximum atomic E-state index is 13.8. The van der Waals surface area contributed by atoms with Crippen LogP contribution in [0.4, 0.5) is 10.3 Å². The molecule has 2 N–H and O–H groups in total. The van der Waals surface area contributed by atoms with Crippen LogP contribution in [0.3, 0.4) is 0 Å². The summed E-state index contributed by atoms with van der Waals surface area (Å²) in [5.74, 6) is 0.161. The summed E-state index contributed by atoms with van der Waals surface area (Å²) in [6.45, 7) is 3.54. The molecule has 0 aliphatic heterocycles. The van der Waals surface area contributed by atoms with Gasteiger partial charge < -0.3 is 10.3 Å². The molecule has 0 amide bonds. The molecule has 12 heavy (non-hydrogen) atoms. The van der Waals surface area contributed by atoms with Gasteiger partial charge >= 0.3 is 0 Å². The van der Waals surface area contributed by atoms with Gasteiger partial charge in [-0.3, -0.25) is 0 Å². The molecule has 0 aromatic carbocycles. The Morgan fingerprint density at radius 3 is 2.50 bits per heavy atom. The number of anilines is 1. The van der Waals surface area contributed by atoms with Crippen LogP contribution in [0.15, 0.2) is 10.6 Å². The summed E-state index contributed by atoms with van der Waals surface area (Å²) in [5, 5.41) is 3.55. The van der Waals surface area contributed by atoms with Crippen molar-refractivity contribution in [2.24, 2.45) is 0 Å². The molecule has 0 fully saturated rings. The average Bonchev–Trinajstić information content (AvgIpc) is 2.51. The van der Waals surface area contributed by atoms with E-state index in [1.807, 2.05) is 0 Å². The monoisotopic (exact) mass is 172 g/mol. The fourth-order valence-electron chi connectivity index (χ4n) is 1.11. The molecule has 1 aromatic heterocycles. The van der Waals surface area contributed by atoms with E-state index in [4.69, 9.17) is 5.73 Å². The molecular formula is C8H13FN2O. The van der Waals surface area contributed by atoms with Crippen molar-refractivity contribution < 1.29 is 8.91 Å². The van der Waals surface area contributed by atoms with Gasteiger partial charge in [-0.25, -0.2) is 4.39 Å². The van der Waals surface area contributed by atoms with Crippen molar-refractivity contribution in [1.29, 1.82) is 0 Å². The van der Waals surface area contributed by atoms with Gasteiger partial charge in [-0.05, 0) is 12.8 Å². The van der Waals surface area contributed by atoms with Gasteiger partial charge in [0.25, 0.3) is 0 Å². The van der Waals surface area contributed by atoms with Crippen LogP contribution >= 0.6 is 0 Å². The molecule has 0 saturated carbocycles. The summed E-state index contributed by atoms with van der Waals surface area (Å²) in [6, 6.07) is 1.44. The lowest BCUT2D eigenvalue weighted by Crippen LogP contribution is -2.17. The van der Waals surface area contributed by atoms with Gasteiger partial charge in [0, 0.05) is 6.07 Å². The van der Waals surface area contributed by atoms with Crippen LogP contribution in [-0.4, -0.2) is 5.16 Å². The van der Waals surface area contributed by atoms with Crippen molar-refractivity contribution in [2.75, 3.05) is 5.73 Å². The molecule has 3 nitrogen and oxygen atoms in total. The van der Waals surface area contributed by atoms with E-state index in [1.165, 1.54) is 6.07 Å². The molecular weight excluding hydrogens is 159 g/mol. The summed E-state index contributed by atoms with van der Waals surface area (Å²) >= 11 is 0. The number of halogens is 1. The van der Waals surface area contributed by atoms with Crippen molar-refractivity contribution in [3.8, 4) is 0 Å². The number of alkyl halides is 1. The molecule has 0 unspecified atom stereocenters. The molecule has 0 atom stereocenters. The highest BCUT2D eigenvalue weighted by Gasteiger charge is 2.31. The largest absolute Gasteiger partial charge is 0.368 e.